The maximum absolute atomic E-state index is 15.3. The SMILES string of the molecule is Cn1cc(-c2cc3c(cn2)[nH]c2ncc(F)c(-c4ccc(C(=O)N[C@H]5C[C@]56CCCNC6)cc4)c23)cn1. The van der Waals surface area contributed by atoms with Crippen LogP contribution in [0.15, 0.2) is 55.1 Å². The summed E-state index contributed by atoms with van der Waals surface area (Å²) in [4.78, 5) is 25.0. The van der Waals surface area contributed by atoms with Gasteiger partial charge in [-0.2, -0.15) is 5.10 Å². The lowest BCUT2D eigenvalue weighted by molar-refractivity contribution is 0.0943. The van der Waals surface area contributed by atoms with E-state index in [1.54, 1.807) is 41.3 Å². The molecule has 1 amide bonds. The Morgan fingerprint density at radius 2 is 2.03 bits per heavy atom. The Hall–Kier alpha value is -4.11. The van der Waals surface area contributed by atoms with Gasteiger partial charge in [0.2, 0.25) is 0 Å². The van der Waals surface area contributed by atoms with Crippen molar-refractivity contribution in [1.82, 2.24) is 35.4 Å². The van der Waals surface area contributed by atoms with Gasteiger partial charge in [-0.25, -0.2) is 9.37 Å². The number of amides is 1. The third-order valence-corrected chi connectivity index (χ3v) is 7.90. The van der Waals surface area contributed by atoms with E-state index in [1.807, 2.05) is 19.3 Å². The lowest BCUT2D eigenvalue weighted by Crippen LogP contribution is -2.38. The molecule has 4 aromatic heterocycles. The number of hydrogen-bond acceptors (Lipinski definition) is 5. The van der Waals surface area contributed by atoms with Gasteiger partial charge in [-0.15, -0.1) is 0 Å². The van der Waals surface area contributed by atoms with Gasteiger partial charge in [0.05, 0.1) is 29.8 Å². The second kappa shape index (κ2) is 8.21. The number of fused-ring (bicyclic) bond motifs is 3. The lowest BCUT2D eigenvalue weighted by Gasteiger charge is -2.23. The van der Waals surface area contributed by atoms with E-state index < -0.39 is 5.82 Å². The Kier molecular flexibility index (Phi) is 4.91. The van der Waals surface area contributed by atoms with Crippen molar-refractivity contribution in [3.63, 3.8) is 0 Å². The van der Waals surface area contributed by atoms with Crippen molar-refractivity contribution in [3.05, 3.63) is 66.5 Å². The highest BCUT2D eigenvalue weighted by molar-refractivity contribution is 6.13. The molecule has 5 heterocycles. The number of carbonyl (C=O) groups is 1. The maximum Gasteiger partial charge on any atom is 0.251 e. The highest BCUT2D eigenvalue weighted by atomic mass is 19.1. The van der Waals surface area contributed by atoms with E-state index >= 15 is 4.39 Å². The molecular weight excluding hydrogens is 469 g/mol. The molecule has 1 saturated carbocycles. The van der Waals surface area contributed by atoms with Crippen LogP contribution in [0.25, 0.3) is 44.3 Å². The fourth-order valence-corrected chi connectivity index (χ4v) is 5.77. The normalized spacial score (nSPS) is 21.1. The summed E-state index contributed by atoms with van der Waals surface area (Å²) < 4.78 is 17.0. The molecule has 3 N–H and O–H groups in total. The minimum Gasteiger partial charge on any atom is -0.349 e. The first-order valence-corrected chi connectivity index (χ1v) is 12.6. The van der Waals surface area contributed by atoms with Crippen molar-refractivity contribution < 1.29 is 9.18 Å². The number of halogens is 1. The van der Waals surface area contributed by atoms with Crippen LogP contribution >= 0.6 is 0 Å². The molecule has 2 atom stereocenters. The highest BCUT2D eigenvalue weighted by Crippen LogP contribution is 2.50. The molecule has 186 valence electrons. The predicted molar refractivity (Wildman–Crippen MR) is 139 cm³/mol. The summed E-state index contributed by atoms with van der Waals surface area (Å²) >= 11 is 0. The Bertz CT molecular complexity index is 1660. The van der Waals surface area contributed by atoms with Gasteiger partial charge in [-0.3, -0.25) is 14.5 Å². The summed E-state index contributed by atoms with van der Waals surface area (Å²) in [5, 5.41) is 12.4. The highest BCUT2D eigenvalue weighted by Gasteiger charge is 2.54. The summed E-state index contributed by atoms with van der Waals surface area (Å²) in [6, 6.07) is 9.30. The van der Waals surface area contributed by atoms with Crippen LogP contribution in [0.4, 0.5) is 4.39 Å². The molecule has 8 nitrogen and oxygen atoms in total. The topological polar surface area (TPSA) is 101 Å². The molecule has 1 saturated heterocycles. The average Bonchev–Trinajstić information content (AvgIpc) is 3.22. The molecule has 5 aromatic rings. The van der Waals surface area contributed by atoms with Gasteiger partial charge >= 0.3 is 0 Å². The van der Waals surface area contributed by atoms with Crippen molar-refractivity contribution in [2.75, 3.05) is 13.1 Å². The summed E-state index contributed by atoms with van der Waals surface area (Å²) in [5.41, 5.74) is 4.89. The zero-order valence-corrected chi connectivity index (χ0v) is 20.4. The first-order valence-electron chi connectivity index (χ1n) is 12.6. The second-order valence-electron chi connectivity index (χ2n) is 10.3. The standard InChI is InChI=1S/C28H26FN7O/c1-36-14-18(11-33-36)21-9-19-22(13-31-21)34-26-25(19)24(20(29)12-32-26)16-3-5-17(6-4-16)27(37)35-23-10-28(23)7-2-8-30-15-28/h3-6,9,11-14,23,30H,2,7-8,10,15H2,1H3,(H,32,34)(H,35,37)/t23-,28-/m0/s1. The molecule has 1 aliphatic heterocycles. The maximum atomic E-state index is 15.3. The molecule has 0 radical (unpaired) electrons. The van der Waals surface area contributed by atoms with Crippen molar-refractivity contribution >= 4 is 27.8 Å². The summed E-state index contributed by atoms with van der Waals surface area (Å²) in [6.07, 6.45) is 9.95. The average molecular weight is 496 g/mol. The van der Waals surface area contributed by atoms with Crippen molar-refractivity contribution in [2.24, 2.45) is 12.5 Å². The number of carbonyl (C=O) groups excluding carboxylic acids is 1. The molecule has 1 aliphatic carbocycles. The van der Waals surface area contributed by atoms with Gasteiger partial charge in [0.25, 0.3) is 5.91 Å². The number of hydrogen-bond donors (Lipinski definition) is 3. The molecule has 0 unspecified atom stereocenters. The molecular formula is C28H26FN7O. The van der Waals surface area contributed by atoms with E-state index in [0.29, 0.717) is 27.7 Å². The van der Waals surface area contributed by atoms with Gasteiger partial charge in [-0.1, -0.05) is 12.1 Å². The molecule has 2 aliphatic rings. The van der Waals surface area contributed by atoms with Crippen LogP contribution in [0.2, 0.25) is 0 Å². The number of H-pyrrole nitrogens is 1. The first kappa shape index (κ1) is 22.1. The third kappa shape index (κ3) is 3.69. The number of nitrogens with one attached hydrogen (secondary N) is 3. The quantitative estimate of drug-likeness (QED) is 0.347. The lowest BCUT2D eigenvalue weighted by atomic mass is 9.95. The molecule has 1 aromatic carbocycles. The van der Waals surface area contributed by atoms with E-state index in [-0.39, 0.29) is 17.4 Å². The minimum absolute atomic E-state index is 0.0846. The number of benzene rings is 1. The number of nitrogens with zero attached hydrogens (tertiary/aromatic N) is 4. The molecule has 9 heteroatoms. The number of aromatic nitrogens is 5. The van der Waals surface area contributed by atoms with Gasteiger partial charge in [0.15, 0.2) is 0 Å². The van der Waals surface area contributed by atoms with E-state index in [9.17, 15) is 4.79 Å². The summed E-state index contributed by atoms with van der Waals surface area (Å²) in [5.74, 6) is -0.506. The van der Waals surface area contributed by atoms with Gasteiger partial charge in [0, 0.05) is 58.7 Å². The van der Waals surface area contributed by atoms with Crippen LogP contribution in [0.3, 0.4) is 0 Å². The number of aromatic amines is 1. The Labute approximate surface area is 212 Å². The van der Waals surface area contributed by atoms with Crippen molar-refractivity contribution in [3.8, 4) is 22.4 Å². The van der Waals surface area contributed by atoms with Gasteiger partial charge in [0.1, 0.15) is 11.5 Å². The van der Waals surface area contributed by atoms with E-state index in [1.165, 1.54) is 6.20 Å². The van der Waals surface area contributed by atoms with Crippen molar-refractivity contribution in [2.45, 2.75) is 25.3 Å². The molecule has 0 bridgehead atoms. The van der Waals surface area contributed by atoms with Crippen LogP contribution in [-0.2, 0) is 7.05 Å². The number of rotatable bonds is 4. The predicted octanol–water partition coefficient (Wildman–Crippen LogP) is 4.19. The van der Waals surface area contributed by atoms with Crippen LogP contribution in [0, 0.1) is 11.2 Å². The molecule has 37 heavy (non-hydrogen) atoms. The van der Waals surface area contributed by atoms with Crippen LogP contribution in [-0.4, -0.2) is 49.8 Å². The first-order chi connectivity index (χ1) is 18.0. The fraction of sp³-hybridized carbons (Fsp3) is 0.286. The number of piperidine rings is 1. The smallest absolute Gasteiger partial charge is 0.251 e. The molecule has 7 rings (SSSR count). The second-order valence-corrected chi connectivity index (χ2v) is 10.3. The van der Waals surface area contributed by atoms with Gasteiger partial charge in [-0.05, 0) is 49.6 Å². The van der Waals surface area contributed by atoms with E-state index in [2.05, 4.69) is 30.7 Å². The van der Waals surface area contributed by atoms with Crippen molar-refractivity contribution in [1.29, 1.82) is 0 Å². The molecule has 1 spiro atoms. The van der Waals surface area contributed by atoms with Gasteiger partial charge < -0.3 is 15.6 Å². The monoisotopic (exact) mass is 495 g/mol. The Morgan fingerprint density at radius 1 is 1.16 bits per heavy atom. The fourth-order valence-electron chi connectivity index (χ4n) is 5.77. The molecule has 2 fully saturated rings. The largest absolute Gasteiger partial charge is 0.349 e. The zero-order valence-electron chi connectivity index (χ0n) is 20.4. The van der Waals surface area contributed by atoms with E-state index in [4.69, 9.17) is 0 Å². The van der Waals surface area contributed by atoms with Crippen LogP contribution in [0.1, 0.15) is 29.6 Å². The van der Waals surface area contributed by atoms with Crippen LogP contribution in [0.5, 0.6) is 0 Å². The minimum atomic E-state index is -0.421. The van der Waals surface area contributed by atoms with E-state index in [0.717, 1.165) is 54.5 Å². The third-order valence-electron chi connectivity index (χ3n) is 7.90. The number of aryl methyl sites for hydroxylation is 1. The van der Waals surface area contributed by atoms with Crippen LogP contribution < -0.4 is 10.6 Å². The Morgan fingerprint density at radius 3 is 2.78 bits per heavy atom. The Balaban J connectivity index is 1.23. The zero-order chi connectivity index (χ0) is 25.1. The number of pyridine rings is 2. The summed E-state index contributed by atoms with van der Waals surface area (Å²) in [7, 11) is 1.85. The summed E-state index contributed by atoms with van der Waals surface area (Å²) in [6.45, 7) is 2.03.